The van der Waals surface area contributed by atoms with E-state index in [1.807, 2.05) is 0 Å². The first kappa shape index (κ1) is 16.4. The zero-order valence-corrected chi connectivity index (χ0v) is 13.0. The standard InChI is InChI=1S/C16H13FN4O4/c1-8-4-9(2-3-10(8)17)6-18-14(23)11-5-12(15(24)25)21-7-13(22)20-16(21)19-11/h2-5,7,22H,6H2,1H3,(H,18,23)(H,24,25). The highest BCUT2D eigenvalue weighted by Crippen LogP contribution is 2.14. The Morgan fingerprint density at radius 1 is 1.28 bits per heavy atom. The fourth-order valence-electron chi connectivity index (χ4n) is 2.32. The zero-order chi connectivity index (χ0) is 18.1. The number of aromatic nitrogens is 3. The number of aromatic hydroxyl groups is 1. The number of rotatable bonds is 4. The Kier molecular flexibility index (Phi) is 4.05. The van der Waals surface area contributed by atoms with E-state index in [1.165, 1.54) is 12.1 Å². The summed E-state index contributed by atoms with van der Waals surface area (Å²) in [5.74, 6) is -2.77. The first-order chi connectivity index (χ1) is 11.8. The Balaban J connectivity index is 1.86. The van der Waals surface area contributed by atoms with Crippen molar-refractivity contribution in [2.24, 2.45) is 0 Å². The maximum Gasteiger partial charge on any atom is 0.353 e. The van der Waals surface area contributed by atoms with Gasteiger partial charge in [-0.2, -0.15) is 4.98 Å². The van der Waals surface area contributed by atoms with E-state index in [4.69, 9.17) is 0 Å². The van der Waals surface area contributed by atoms with Gasteiger partial charge >= 0.3 is 5.97 Å². The number of benzene rings is 1. The Morgan fingerprint density at radius 2 is 2.04 bits per heavy atom. The molecular weight excluding hydrogens is 331 g/mol. The smallest absolute Gasteiger partial charge is 0.353 e. The van der Waals surface area contributed by atoms with Gasteiger partial charge < -0.3 is 15.5 Å². The van der Waals surface area contributed by atoms with Crippen molar-refractivity contribution in [3.8, 4) is 5.88 Å². The molecule has 0 aliphatic rings. The molecule has 0 radical (unpaired) electrons. The van der Waals surface area contributed by atoms with Crippen LogP contribution >= 0.6 is 0 Å². The highest BCUT2D eigenvalue weighted by atomic mass is 19.1. The molecule has 1 aromatic carbocycles. The molecule has 2 heterocycles. The van der Waals surface area contributed by atoms with Crippen molar-refractivity contribution in [2.75, 3.05) is 0 Å². The highest BCUT2D eigenvalue weighted by molar-refractivity contribution is 5.95. The number of carboxylic acids is 1. The molecule has 9 heteroatoms. The normalized spacial score (nSPS) is 10.8. The lowest BCUT2D eigenvalue weighted by atomic mass is 10.1. The summed E-state index contributed by atoms with van der Waals surface area (Å²) in [6.07, 6.45) is 1.09. The van der Waals surface area contributed by atoms with Crippen LogP contribution in [0.1, 0.15) is 32.1 Å². The van der Waals surface area contributed by atoms with E-state index in [0.717, 1.165) is 16.7 Å². The van der Waals surface area contributed by atoms with Crippen LogP contribution in [-0.4, -0.2) is 36.5 Å². The molecule has 0 aliphatic heterocycles. The zero-order valence-electron chi connectivity index (χ0n) is 13.0. The van der Waals surface area contributed by atoms with Crippen LogP contribution < -0.4 is 5.32 Å². The molecule has 3 aromatic rings. The van der Waals surface area contributed by atoms with E-state index in [9.17, 15) is 24.2 Å². The van der Waals surface area contributed by atoms with Crippen molar-refractivity contribution in [1.82, 2.24) is 19.7 Å². The van der Waals surface area contributed by atoms with Crippen molar-refractivity contribution >= 4 is 17.7 Å². The Morgan fingerprint density at radius 3 is 2.72 bits per heavy atom. The number of carboxylic acid groups (broad SMARTS) is 1. The fourth-order valence-corrected chi connectivity index (χ4v) is 2.32. The van der Waals surface area contributed by atoms with Crippen LogP contribution in [-0.2, 0) is 6.54 Å². The Hall–Kier alpha value is -3.49. The van der Waals surface area contributed by atoms with Gasteiger partial charge in [-0.25, -0.2) is 14.2 Å². The number of aryl methyl sites for hydroxylation is 1. The number of nitrogens with one attached hydrogen (secondary N) is 1. The summed E-state index contributed by atoms with van der Waals surface area (Å²) in [7, 11) is 0. The third kappa shape index (κ3) is 3.25. The minimum Gasteiger partial charge on any atom is -0.492 e. The molecule has 8 nitrogen and oxygen atoms in total. The second-order valence-electron chi connectivity index (χ2n) is 5.37. The van der Waals surface area contributed by atoms with Gasteiger partial charge in [0.25, 0.3) is 5.91 Å². The van der Waals surface area contributed by atoms with Gasteiger partial charge in [-0.1, -0.05) is 12.1 Å². The average molecular weight is 344 g/mol. The summed E-state index contributed by atoms with van der Waals surface area (Å²) in [6, 6.07) is 5.52. The summed E-state index contributed by atoms with van der Waals surface area (Å²) in [5, 5.41) is 21.2. The second-order valence-corrected chi connectivity index (χ2v) is 5.37. The molecular formula is C16H13FN4O4. The minimum atomic E-state index is -1.30. The molecule has 2 aromatic heterocycles. The lowest BCUT2D eigenvalue weighted by molar-refractivity contribution is 0.0688. The summed E-state index contributed by atoms with van der Waals surface area (Å²) >= 11 is 0. The summed E-state index contributed by atoms with van der Waals surface area (Å²) < 4.78 is 14.3. The van der Waals surface area contributed by atoms with Crippen molar-refractivity contribution in [1.29, 1.82) is 0 Å². The Bertz CT molecular complexity index is 999. The number of hydrogen-bond acceptors (Lipinski definition) is 5. The van der Waals surface area contributed by atoms with Gasteiger partial charge in [0.15, 0.2) is 0 Å². The van der Waals surface area contributed by atoms with Gasteiger partial charge in [0.1, 0.15) is 17.2 Å². The molecule has 0 bridgehead atoms. The van der Waals surface area contributed by atoms with Crippen LogP contribution in [0, 0.1) is 12.7 Å². The van der Waals surface area contributed by atoms with Gasteiger partial charge in [-0.15, -0.1) is 0 Å². The van der Waals surface area contributed by atoms with Crippen LogP contribution in [0.15, 0.2) is 30.5 Å². The van der Waals surface area contributed by atoms with Crippen molar-refractivity contribution in [3.05, 3.63) is 58.8 Å². The van der Waals surface area contributed by atoms with Gasteiger partial charge in [-0.05, 0) is 24.1 Å². The second kappa shape index (κ2) is 6.19. The van der Waals surface area contributed by atoms with Crippen LogP contribution in [0.25, 0.3) is 5.78 Å². The van der Waals surface area contributed by atoms with Crippen LogP contribution in [0.2, 0.25) is 0 Å². The summed E-state index contributed by atoms with van der Waals surface area (Å²) in [6.45, 7) is 1.73. The number of amides is 1. The predicted molar refractivity (Wildman–Crippen MR) is 83.9 cm³/mol. The van der Waals surface area contributed by atoms with Gasteiger partial charge in [0, 0.05) is 12.6 Å². The van der Waals surface area contributed by atoms with E-state index in [0.29, 0.717) is 11.1 Å². The van der Waals surface area contributed by atoms with E-state index in [1.54, 1.807) is 13.0 Å². The molecule has 0 atom stereocenters. The minimum absolute atomic E-state index is 0.111. The van der Waals surface area contributed by atoms with Crippen LogP contribution in [0.3, 0.4) is 0 Å². The highest BCUT2D eigenvalue weighted by Gasteiger charge is 2.18. The molecule has 0 unspecified atom stereocenters. The van der Waals surface area contributed by atoms with Crippen LogP contribution in [0.4, 0.5) is 4.39 Å². The summed E-state index contributed by atoms with van der Waals surface area (Å²) in [4.78, 5) is 31.2. The number of nitrogens with zero attached hydrogens (tertiary/aromatic N) is 3. The van der Waals surface area contributed by atoms with E-state index in [-0.39, 0.29) is 29.5 Å². The molecule has 3 rings (SSSR count). The largest absolute Gasteiger partial charge is 0.492 e. The maximum atomic E-state index is 13.3. The van der Waals surface area contributed by atoms with Crippen molar-refractivity contribution in [2.45, 2.75) is 13.5 Å². The first-order valence-electron chi connectivity index (χ1n) is 7.21. The van der Waals surface area contributed by atoms with E-state index >= 15 is 0 Å². The van der Waals surface area contributed by atoms with Crippen molar-refractivity contribution < 1.29 is 24.2 Å². The maximum absolute atomic E-state index is 13.3. The van der Waals surface area contributed by atoms with Gasteiger partial charge in [0.05, 0.1) is 6.20 Å². The molecule has 1 amide bonds. The third-order valence-corrected chi connectivity index (χ3v) is 3.56. The molecule has 25 heavy (non-hydrogen) atoms. The lowest BCUT2D eigenvalue weighted by Gasteiger charge is -2.07. The number of fused-ring (bicyclic) bond motifs is 1. The number of imidazole rings is 1. The van der Waals surface area contributed by atoms with Gasteiger partial charge in [-0.3, -0.25) is 9.20 Å². The molecule has 128 valence electrons. The molecule has 0 saturated heterocycles. The predicted octanol–water partition coefficient (Wildman–Crippen LogP) is 1.51. The number of carbonyl (C=O) groups excluding carboxylic acids is 1. The number of aromatic carboxylic acids is 1. The molecule has 0 saturated carbocycles. The van der Waals surface area contributed by atoms with Crippen LogP contribution in [0.5, 0.6) is 5.88 Å². The lowest BCUT2D eigenvalue weighted by Crippen LogP contribution is -2.25. The SMILES string of the molecule is Cc1cc(CNC(=O)c2cc(C(=O)O)n3cc(O)nc3n2)ccc1F. The number of carbonyl (C=O) groups is 2. The molecule has 3 N–H and O–H groups in total. The monoisotopic (exact) mass is 344 g/mol. The third-order valence-electron chi connectivity index (χ3n) is 3.56. The Labute approximate surface area is 140 Å². The number of halogens is 1. The fraction of sp³-hybridized carbons (Fsp3) is 0.125. The van der Waals surface area contributed by atoms with Crippen molar-refractivity contribution in [3.63, 3.8) is 0 Å². The summed E-state index contributed by atoms with van der Waals surface area (Å²) in [5.41, 5.74) is 0.715. The topological polar surface area (TPSA) is 117 Å². The quantitative estimate of drug-likeness (QED) is 0.660. The molecule has 0 spiro atoms. The first-order valence-corrected chi connectivity index (χ1v) is 7.21. The van der Waals surface area contributed by atoms with Gasteiger partial charge in [0.2, 0.25) is 11.7 Å². The molecule has 0 aliphatic carbocycles. The van der Waals surface area contributed by atoms with E-state index < -0.39 is 17.8 Å². The van der Waals surface area contributed by atoms with E-state index in [2.05, 4.69) is 15.3 Å². The number of hydrogen-bond donors (Lipinski definition) is 3. The molecule has 0 fully saturated rings. The average Bonchev–Trinajstić information content (AvgIpc) is 2.94.